The van der Waals surface area contributed by atoms with Crippen LogP contribution < -0.4 is 4.90 Å². The molecule has 0 unspecified atom stereocenters. The van der Waals surface area contributed by atoms with Gasteiger partial charge in [-0.15, -0.1) is 0 Å². The molecule has 1 aliphatic carbocycles. The molecule has 0 spiro atoms. The molecule has 1 aromatic heterocycles. The number of alkyl halides is 3. The van der Waals surface area contributed by atoms with Gasteiger partial charge in [0, 0.05) is 12.2 Å². The van der Waals surface area contributed by atoms with Crippen molar-refractivity contribution in [2.45, 2.75) is 25.1 Å². The van der Waals surface area contributed by atoms with Gasteiger partial charge in [0.05, 0.1) is 5.56 Å². The fourth-order valence-corrected chi connectivity index (χ4v) is 1.66. The molecule has 1 aromatic rings. The Morgan fingerprint density at radius 1 is 1.44 bits per heavy atom. The fourth-order valence-electron chi connectivity index (χ4n) is 1.66. The molecule has 1 heterocycles. The minimum Gasteiger partial charge on any atom is -0.478 e. The van der Waals surface area contributed by atoms with Crippen LogP contribution in [0.3, 0.4) is 0 Å². The molecule has 0 saturated heterocycles. The molecule has 1 aliphatic rings. The summed E-state index contributed by atoms with van der Waals surface area (Å²) in [5, 5.41) is 8.69. The summed E-state index contributed by atoms with van der Waals surface area (Å²) in [6.45, 7) is -1.06. The van der Waals surface area contributed by atoms with Crippen molar-refractivity contribution in [2.75, 3.05) is 11.4 Å². The van der Waals surface area contributed by atoms with Crippen molar-refractivity contribution in [2.24, 2.45) is 0 Å². The molecule has 0 aliphatic heterocycles. The van der Waals surface area contributed by atoms with Crippen LogP contribution in [0.15, 0.2) is 18.3 Å². The van der Waals surface area contributed by atoms with Crippen LogP contribution in [0, 0.1) is 0 Å². The second-order valence-electron chi connectivity index (χ2n) is 4.18. The van der Waals surface area contributed by atoms with E-state index in [0.29, 0.717) is 12.8 Å². The highest BCUT2D eigenvalue weighted by Crippen LogP contribution is 2.33. The summed E-state index contributed by atoms with van der Waals surface area (Å²) in [5.74, 6) is -0.984. The molecule has 0 amide bonds. The van der Waals surface area contributed by atoms with Gasteiger partial charge in [-0.1, -0.05) is 0 Å². The lowest BCUT2D eigenvalue weighted by molar-refractivity contribution is -0.120. The van der Waals surface area contributed by atoms with E-state index in [1.807, 2.05) is 0 Å². The Labute approximate surface area is 101 Å². The lowest BCUT2D eigenvalue weighted by Gasteiger charge is -2.24. The summed E-state index contributed by atoms with van der Waals surface area (Å²) in [6, 6.07) is 2.43. The topological polar surface area (TPSA) is 53.4 Å². The van der Waals surface area contributed by atoms with Gasteiger partial charge >= 0.3 is 12.1 Å². The number of aromatic carboxylic acids is 1. The standard InChI is InChI=1S/C11H11F3N2O2/c12-11(13,14)6-16(8-2-3-8)9-4-1-7(5-15-9)10(17)18/h1,4-5,8H,2-3,6H2,(H,17,18). The van der Waals surface area contributed by atoms with Gasteiger partial charge in [0.2, 0.25) is 0 Å². The van der Waals surface area contributed by atoms with Crippen LogP contribution in [-0.2, 0) is 0 Å². The second-order valence-corrected chi connectivity index (χ2v) is 4.18. The maximum atomic E-state index is 12.4. The van der Waals surface area contributed by atoms with Crippen LogP contribution >= 0.6 is 0 Å². The van der Waals surface area contributed by atoms with Crippen LogP contribution in [0.5, 0.6) is 0 Å². The maximum Gasteiger partial charge on any atom is 0.405 e. The predicted molar refractivity (Wildman–Crippen MR) is 57.6 cm³/mol. The number of carbonyl (C=O) groups is 1. The monoisotopic (exact) mass is 260 g/mol. The summed E-state index contributed by atoms with van der Waals surface area (Å²) >= 11 is 0. The van der Waals surface area contributed by atoms with Crippen molar-refractivity contribution >= 4 is 11.8 Å². The lowest BCUT2D eigenvalue weighted by Crippen LogP contribution is -2.36. The van der Waals surface area contributed by atoms with Crippen molar-refractivity contribution in [3.63, 3.8) is 0 Å². The number of halogens is 3. The zero-order chi connectivity index (χ0) is 13.3. The first-order valence-corrected chi connectivity index (χ1v) is 5.39. The fraction of sp³-hybridized carbons (Fsp3) is 0.455. The molecule has 7 heteroatoms. The number of hydrogen-bond donors (Lipinski definition) is 1. The van der Waals surface area contributed by atoms with Gasteiger partial charge in [0.25, 0.3) is 0 Å². The Hall–Kier alpha value is -1.79. The first-order chi connectivity index (χ1) is 8.37. The summed E-state index contributed by atoms with van der Waals surface area (Å²) in [7, 11) is 0. The zero-order valence-corrected chi connectivity index (χ0v) is 9.31. The summed E-state index contributed by atoms with van der Waals surface area (Å²) in [5.41, 5.74) is -0.0403. The van der Waals surface area contributed by atoms with E-state index in [2.05, 4.69) is 4.98 Å². The van der Waals surface area contributed by atoms with E-state index in [-0.39, 0.29) is 17.4 Å². The summed E-state index contributed by atoms with van der Waals surface area (Å²) < 4.78 is 37.3. The largest absolute Gasteiger partial charge is 0.478 e. The van der Waals surface area contributed by atoms with E-state index in [4.69, 9.17) is 5.11 Å². The average molecular weight is 260 g/mol. The summed E-state index contributed by atoms with van der Waals surface area (Å²) in [4.78, 5) is 15.6. The first-order valence-electron chi connectivity index (χ1n) is 5.39. The number of carboxylic acids is 1. The third-order valence-corrected chi connectivity index (χ3v) is 2.63. The van der Waals surface area contributed by atoms with Gasteiger partial charge in [0.15, 0.2) is 0 Å². The molecule has 1 saturated carbocycles. The molecule has 0 bridgehead atoms. The van der Waals surface area contributed by atoms with Gasteiger partial charge in [0.1, 0.15) is 12.4 Å². The van der Waals surface area contributed by atoms with Gasteiger partial charge in [-0.25, -0.2) is 9.78 Å². The van der Waals surface area contributed by atoms with Crippen molar-refractivity contribution < 1.29 is 23.1 Å². The van der Waals surface area contributed by atoms with E-state index in [0.717, 1.165) is 6.20 Å². The van der Waals surface area contributed by atoms with Gasteiger partial charge < -0.3 is 10.0 Å². The minimum atomic E-state index is -4.30. The first kappa shape index (κ1) is 12.7. The molecule has 18 heavy (non-hydrogen) atoms. The molecule has 98 valence electrons. The molecule has 1 N–H and O–H groups in total. The normalized spacial score (nSPS) is 15.5. The number of hydrogen-bond acceptors (Lipinski definition) is 3. The highest BCUT2D eigenvalue weighted by atomic mass is 19.4. The van der Waals surface area contributed by atoms with Crippen molar-refractivity contribution in [1.29, 1.82) is 0 Å². The number of carboxylic acid groups (broad SMARTS) is 1. The third-order valence-electron chi connectivity index (χ3n) is 2.63. The Bertz CT molecular complexity index is 441. The van der Waals surface area contributed by atoms with E-state index in [1.165, 1.54) is 17.0 Å². The highest BCUT2D eigenvalue weighted by Gasteiger charge is 2.38. The zero-order valence-electron chi connectivity index (χ0n) is 9.31. The van der Waals surface area contributed by atoms with Crippen LogP contribution in [0.4, 0.5) is 19.0 Å². The predicted octanol–water partition coefficient (Wildman–Crippen LogP) is 2.31. The number of nitrogens with zero attached hydrogens (tertiary/aromatic N) is 2. The quantitative estimate of drug-likeness (QED) is 0.902. The van der Waals surface area contributed by atoms with E-state index in [9.17, 15) is 18.0 Å². The van der Waals surface area contributed by atoms with Crippen LogP contribution in [-0.4, -0.2) is 34.8 Å². The van der Waals surface area contributed by atoms with Gasteiger partial charge in [-0.05, 0) is 25.0 Å². The van der Waals surface area contributed by atoms with E-state index >= 15 is 0 Å². The smallest absolute Gasteiger partial charge is 0.405 e. The van der Waals surface area contributed by atoms with Crippen LogP contribution in [0.2, 0.25) is 0 Å². The molecule has 2 rings (SSSR count). The molecule has 0 radical (unpaired) electrons. The van der Waals surface area contributed by atoms with E-state index < -0.39 is 18.7 Å². The van der Waals surface area contributed by atoms with Crippen molar-refractivity contribution in [1.82, 2.24) is 4.98 Å². The number of pyridine rings is 1. The Morgan fingerprint density at radius 3 is 2.50 bits per heavy atom. The Balaban J connectivity index is 2.18. The number of anilines is 1. The SMILES string of the molecule is O=C(O)c1ccc(N(CC(F)(F)F)C2CC2)nc1. The molecule has 4 nitrogen and oxygen atoms in total. The number of rotatable bonds is 4. The third kappa shape index (κ3) is 3.12. The Kier molecular flexibility index (Phi) is 3.14. The minimum absolute atomic E-state index is 0.0403. The number of aromatic nitrogens is 1. The maximum absolute atomic E-state index is 12.4. The van der Waals surface area contributed by atoms with Gasteiger partial charge in [-0.3, -0.25) is 0 Å². The summed E-state index contributed by atoms with van der Waals surface area (Å²) in [6.07, 6.45) is -1.81. The van der Waals surface area contributed by atoms with Crippen molar-refractivity contribution in [3.8, 4) is 0 Å². The lowest BCUT2D eigenvalue weighted by atomic mass is 10.3. The van der Waals surface area contributed by atoms with Crippen LogP contribution in [0.25, 0.3) is 0 Å². The van der Waals surface area contributed by atoms with Crippen molar-refractivity contribution in [3.05, 3.63) is 23.9 Å². The second kappa shape index (κ2) is 4.47. The molecule has 0 aromatic carbocycles. The van der Waals surface area contributed by atoms with E-state index in [1.54, 1.807) is 0 Å². The van der Waals surface area contributed by atoms with Crippen LogP contribution in [0.1, 0.15) is 23.2 Å². The molecule has 1 fully saturated rings. The molecular weight excluding hydrogens is 249 g/mol. The molecule has 0 atom stereocenters. The molecular formula is C11H11F3N2O2. The Morgan fingerprint density at radius 2 is 2.11 bits per heavy atom. The van der Waals surface area contributed by atoms with Gasteiger partial charge in [-0.2, -0.15) is 13.2 Å². The average Bonchev–Trinajstić information content (AvgIpc) is 3.08. The highest BCUT2D eigenvalue weighted by molar-refractivity contribution is 5.87.